The number of thiol groups is 2. The molecule has 0 rings (SSSR count). The molecule has 0 unspecified atom stereocenters. The first-order chi connectivity index (χ1) is 1.91. The van der Waals surface area contributed by atoms with Gasteiger partial charge in [-0.25, -0.2) is 0 Å². The zero-order valence-electron chi connectivity index (χ0n) is 2.12. The fraction of sp³-hybridized carbons (Fsp3) is 0. The SMILES string of the molecule is SSSS.[Mo]. The summed E-state index contributed by atoms with van der Waals surface area (Å²) in [5, 5.41) is 0. The molecule has 0 bridgehead atoms. The maximum Gasteiger partial charge on any atom is 0 e. The van der Waals surface area contributed by atoms with E-state index in [1.54, 1.807) is 0 Å². The van der Waals surface area contributed by atoms with Crippen molar-refractivity contribution in [2.75, 3.05) is 0 Å². The van der Waals surface area contributed by atoms with E-state index < -0.39 is 0 Å². The zero-order chi connectivity index (χ0) is 3.41. The van der Waals surface area contributed by atoms with Crippen LogP contribution in [0.1, 0.15) is 0 Å². The summed E-state index contributed by atoms with van der Waals surface area (Å²) in [5.74, 6) is 0. The Morgan fingerprint density at radius 2 is 1.20 bits per heavy atom. The summed E-state index contributed by atoms with van der Waals surface area (Å²) in [7, 11) is 2.66. The van der Waals surface area contributed by atoms with E-state index >= 15 is 0 Å². The summed E-state index contributed by atoms with van der Waals surface area (Å²) in [4.78, 5) is 0. The van der Waals surface area contributed by atoms with Crippen LogP contribution >= 0.6 is 43.0 Å². The molecule has 0 aliphatic carbocycles. The normalized spacial score (nSPS) is 6.00. The Hall–Kier alpha value is 2.09. The van der Waals surface area contributed by atoms with Gasteiger partial charge in [-0.1, -0.05) is 23.3 Å². The van der Waals surface area contributed by atoms with Crippen molar-refractivity contribution >= 4 is 43.0 Å². The fourth-order valence-corrected chi connectivity index (χ4v) is 0. The molecule has 0 spiro atoms. The Morgan fingerprint density at radius 1 is 1.00 bits per heavy atom. The molecule has 0 aromatic carbocycles. The van der Waals surface area contributed by atoms with E-state index in [1.807, 2.05) is 0 Å². The van der Waals surface area contributed by atoms with Gasteiger partial charge in [-0.2, -0.15) is 0 Å². The molecule has 0 amide bonds. The van der Waals surface area contributed by atoms with Crippen LogP contribution < -0.4 is 0 Å². The second-order valence-electron chi connectivity index (χ2n) is 0.149. The van der Waals surface area contributed by atoms with Gasteiger partial charge in [0.2, 0.25) is 0 Å². The van der Waals surface area contributed by atoms with Gasteiger partial charge in [0.25, 0.3) is 0 Å². The average Bonchev–Trinajstić information content (AvgIpc) is 1.37. The van der Waals surface area contributed by atoms with E-state index in [1.165, 1.54) is 19.7 Å². The molecule has 0 aromatic heterocycles. The molecule has 0 aromatic rings. The van der Waals surface area contributed by atoms with Crippen LogP contribution in [0.15, 0.2) is 0 Å². The van der Waals surface area contributed by atoms with Crippen molar-refractivity contribution in [3.63, 3.8) is 0 Å². The standard InChI is InChI=1S/Mo.H2S4/c;1-3-4-2/h;1-2H. The van der Waals surface area contributed by atoms with Gasteiger partial charge < -0.3 is 0 Å². The first-order valence-corrected chi connectivity index (χ1v) is 4.79. The van der Waals surface area contributed by atoms with E-state index in [-0.39, 0.29) is 21.1 Å². The monoisotopic (exact) mass is 228 g/mol. The third kappa shape index (κ3) is 10.7. The van der Waals surface area contributed by atoms with Gasteiger partial charge in [0.15, 0.2) is 0 Å². The van der Waals surface area contributed by atoms with Gasteiger partial charge >= 0.3 is 0 Å². The molecule has 32 valence electrons. The third-order valence-corrected chi connectivity index (χ3v) is 2.70. The Bertz CT molecular complexity index is 5.61. The first kappa shape index (κ1) is 10.1. The molecule has 5 heteroatoms. The molecule has 0 saturated heterocycles. The van der Waals surface area contributed by atoms with Crippen LogP contribution in [0.4, 0.5) is 0 Å². The summed E-state index contributed by atoms with van der Waals surface area (Å²) in [5.41, 5.74) is 0. The van der Waals surface area contributed by atoms with Crippen LogP contribution in [-0.2, 0) is 21.1 Å². The minimum atomic E-state index is 0. The molecule has 0 nitrogen and oxygen atoms in total. The van der Waals surface area contributed by atoms with Crippen molar-refractivity contribution in [1.29, 1.82) is 0 Å². The van der Waals surface area contributed by atoms with E-state index in [0.29, 0.717) is 0 Å². The molecule has 0 saturated carbocycles. The van der Waals surface area contributed by atoms with E-state index in [9.17, 15) is 0 Å². The molecule has 0 N–H and O–H groups in total. The van der Waals surface area contributed by atoms with Crippen LogP contribution in [0.25, 0.3) is 0 Å². The summed E-state index contributed by atoms with van der Waals surface area (Å²) >= 11 is 7.45. The van der Waals surface area contributed by atoms with Gasteiger partial charge in [-0.3, -0.25) is 0 Å². The Morgan fingerprint density at radius 3 is 1.20 bits per heavy atom. The van der Waals surface area contributed by atoms with Crippen LogP contribution in [-0.4, -0.2) is 0 Å². The second-order valence-corrected chi connectivity index (χ2v) is 4.02. The average molecular weight is 226 g/mol. The summed E-state index contributed by atoms with van der Waals surface area (Å²) in [6.45, 7) is 0. The minimum absolute atomic E-state index is 0. The smallest absolute Gasteiger partial charge is 0 e. The van der Waals surface area contributed by atoms with E-state index in [0.717, 1.165) is 0 Å². The zero-order valence-corrected chi connectivity index (χ0v) is 7.55. The molecule has 0 atom stereocenters. The van der Waals surface area contributed by atoms with E-state index in [4.69, 9.17) is 0 Å². The maximum atomic E-state index is 3.72. The number of hydrogen-bond acceptors (Lipinski definition) is 4. The van der Waals surface area contributed by atoms with Crippen molar-refractivity contribution in [3.8, 4) is 0 Å². The van der Waals surface area contributed by atoms with Gasteiger partial charge in [-0.05, 0) is 19.7 Å². The molecule has 5 heavy (non-hydrogen) atoms. The van der Waals surface area contributed by atoms with Gasteiger partial charge in [0.1, 0.15) is 0 Å². The Labute approximate surface area is 63.5 Å². The van der Waals surface area contributed by atoms with Crippen molar-refractivity contribution in [2.24, 2.45) is 0 Å². The van der Waals surface area contributed by atoms with Crippen molar-refractivity contribution in [2.45, 2.75) is 0 Å². The second kappa shape index (κ2) is 9.43. The minimum Gasteiger partial charge on any atom is -0.0989 e. The third-order valence-electron chi connectivity index (χ3n) is 0.0333. The Balaban J connectivity index is 0. The molecule has 0 aliphatic heterocycles. The van der Waals surface area contributed by atoms with E-state index in [2.05, 4.69) is 23.3 Å². The van der Waals surface area contributed by atoms with Crippen molar-refractivity contribution < 1.29 is 21.1 Å². The van der Waals surface area contributed by atoms with Gasteiger partial charge in [0.05, 0.1) is 0 Å². The topological polar surface area (TPSA) is 0 Å². The summed E-state index contributed by atoms with van der Waals surface area (Å²) < 4.78 is 0. The quantitative estimate of drug-likeness (QED) is 0.399. The molecular formula is H2MoS4. The van der Waals surface area contributed by atoms with Crippen LogP contribution in [0.5, 0.6) is 0 Å². The molecule has 0 heterocycles. The molecule has 0 fully saturated rings. The van der Waals surface area contributed by atoms with Crippen LogP contribution in [0, 0.1) is 0 Å². The largest absolute Gasteiger partial charge is 0.0989 e. The summed E-state index contributed by atoms with van der Waals surface area (Å²) in [6.07, 6.45) is 0. The maximum absolute atomic E-state index is 3.72. The molecule has 0 radical (unpaired) electrons. The predicted octanol–water partition coefficient (Wildman–Crippen LogP) is 2.05. The summed E-state index contributed by atoms with van der Waals surface area (Å²) in [6, 6.07) is 0. The fourth-order valence-electron chi connectivity index (χ4n) is 0. The number of rotatable bonds is 1. The van der Waals surface area contributed by atoms with Gasteiger partial charge in [0, 0.05) is 21.1 Å². The van der Waals surface area contributed by atoms with Crippen molar-refractivity contribution in [3.05, 3.63) is 0 Å². The van der Waals surface area contributed by atoms with Crippen LogP contribution in [0.3, 0.4) is 0 Å². The first-order valence-electron chi connectivity index (χ1n) is 0.532. The van der Waals surface area contributed by atoms with Crippen LogP contribution in [0.2, 0.25) is 0 Å². The molecule has 0 aliphatic rings. The molecular weight excluding hydrogens is 224 g/mol. The Kier molecular flexibility index (Phi) is 19.1. The number of hydrogen-bond donors (Lipinski definition) is 2. The predicted molar refractivity (Wildman–Crippen MR) is 33.2 cm³/mol. The van der Waals surface area contributed by atoms with Crippen molar-refractivity contribution in [1.82, 2.24) is 0 Å². The van der Waals surface area contributed by atoms with Gasteiger partial charge in [-0.15, -0.1) is 0 Å².